The van der Waals surface area contributed by atoms with Crippen molar-refractivity contribution >= 4 is 0 Å². The van der Waals surface area contributed by atoms with Gasteiger partial charge < -0.3 is 4.74 Å². The Morgan fingerprint density at radius 1 is 1.43 bits per heavy atom. The zero-order valence-electron chi connectivity index (χ0n) is 8.69. The Morgan fingerprint density at radius 2 is 2.00 bits per heavy atom. The minimum Gasteiger partial charge on any atom is -0.499 e. The van der Waals surface area contributed by atoms with Gasteiger partial charge in [0.2, 0.25) is 5.92 Å². The average molecular weight is 204 g/mol. The molecule has 0 saturated heterocycles. The lowest BCUT2D eigenvalue weighted by Crippen LogP contribution is -2.25. The molecular weight excluding hydrogens is 186 g/mol. The quantitative estimate of drug-likeness (QED) is 0.634. The Morgan fingerprint density at radius 3 is 2.50 bits per heavy atom. The van der Waals surface area contributed by atoms with E-state index in [2.05, 4.69) is 6.58 Å². The zero-order valence-corrected chi connectivity index (χ0v) is 8.69. The van der Waals surface area contributed by atoms with Crippen LogP contribution in [0.15, 0.2) is 12.3 Å². The molecule has 0 aromatic heterocycles. The van der Waals surface area contributed by atoms with Gasteiger partial charge in [-0.15, -0.1) is 0 Å². The van der Waals surface area contributed by atoms with Gasteiger partial charge in [0.05, 0.1) is 12.4 Å². The van der Waals surface area contributed by atoms with Gasteiger partial charge in [0.25, 0.3) is 0 Å². The van der Waals surface area contributed by atoms with Gasteiger partial charge >= 0.3 is 0 Å². The van der Waals surface area contributed by atoms with Crippen molar-refractivity contribution in [2.24, 2.45) is 5.92 Å². The molecule has 0 aromatic carbocycles. The van der Waals surface area contributed by atoms with Crippen LogP contribution < -0.4 is 0 Å². The average Bonchev–Trinajstić information content (AvgIpc) is 2.07. The normalized spacial score (nSPS) is 21.9. The van der Waals surface area contributed by atoms with E-state index in [0.717, 1.165) is 6.42 Å². The maximum atomic E-state index is 12.8. The van der Waals surface area contributed by atoms with E-state index in [9.17, 15) is 8.78 Å². The van der Waals surface area contributed by atoms with E-state index in [4.69, 9.17) is 4.74 Å². The van der Waals surface area contributed by atoms with Crippen molar-refractivity contribution in [1.29, 1.82) is 0 Å². The van der Waals surface area contributed by atoms with Gasteiger partial charge in [0.1, 0.15) is 0 Å². The van der Waals surface area contributed by atoms with E-state index in [-0.39, 0.29) is 12.8 Å². The van der Waals surface area contributed by atoms with E-state index < -0.39 is 5.92 Å². The van der Waals surface area contributed by atoms with E-state index in [0.29, 0.717) is 31.1 Å². The highest BCUT2D eigenvalue weighted by Crippen LogP contribution is 2.37. The molecule has 0 amide bonds. The van der Waals surface area contributed by atoms with Crippen LogP contribution in [-0.2, 0) is 4.74 Å². The predicted octanol–water partition coefficient (Wildman–Crippen LogP) is 3.75. The molecule has 1 nitrogen and oxygen atoms in total. The highest BCUT2D eigenvalue weighted by molar-refractivity contribution is 4.78. The zero-order chi connectivity index (χ0) is 10.6. The van der Waals surface area contributed by atoms with E-state index in [1.807, 2.05) is 0 Å². The van der Waals surface area contributed by atoms with Crippen molar-refractivity contribution in [3.05, 3.63) is 12.3 Å². The first-order valence-corrected chi connectivity index (χ1v) is 5.16. The molecular formula is C11H18F2O. The number of rotatable bonds is 4. The smallest absolute Gasteiger partial charge is 0.248 e. The fraction of sp³-hybridized carbons (Fsp3) is 0.818. The van der Waals surface area contributed by atoms with Crippen LogP contribution >= 0.6 is 0 Å². The molecule has 14 heavy (non-hydrogen) atoms. The summed E-state index contributed by atoms with van der Waals surface area (Å²) in [6.45, 7) is 6.04. The number of halogens is 2. The fourth-order valence-electron chi connectivity index (χ4n) is 1.79. The Balaban J connectivity index is 2.13. The second-order valence-corrected chi connectivity index (χ2v) is 4.14. The highest BCUT2D eigenvalue weighted by Gasteiger charge is 2.34. The third-order valence-corrected chi connectivity index (χ3v) is 2.71. The van der Waals surface area contributed by atoms with Crippen molar-refractivity contribution < 1.29 is 13.5 Å². The van der Waals surface area contributed by atoms with Crippen LogP contribution in [0, 0.1) is 5.92 Å². The largest absolute Gasteiger partial charge is 0.499 e. The molecule has 0 N–H and O–H groups in total. The fourth-order valence-corrected chi connectivity index (χ4v) is 1.79. The van der Waals surface area contributed by atoms with Gasteiger partial charge in [-0.25, -0.2) is 8.78 Å². The third-order valence-electron chi connectivity index (χ3n) is 2.71. The Hall–Kier alpha value is -0.600. The summed E-state index contributed by atoms with van der Waals surface area (Å²) in [6, 6.07) is 0. The molecule has 0 heterocycles. The number of alkyl halides is 2. The first-order valence-electron chi connectivity index (χ1n) is 5.16. The van der Waals surface area contributed by atoms with Crippen LogP contribution in [0.25, 0.3) is 0 Å². The van der Waals surface area contributed by atoms with Gasteiger partial charge in [-0.1, -0.05) is 6.58 Å². The van der Waals surface area contributed by atoms with Crippen LogP contribution in [0.5, 0.6) is 0 Å². The lowest BCUT2D eigenvalue weighted by Gasteiger charge is -2.28. The van der Waals surface area contributed by atoms with Crippen molar-refractivity contribution in [2.45, 2.75) is 45.0 Å². The summed E-state index contributed by atoms with van der Waals surface area (Å²) in [5.41, 5.74) is 0. The van der Waals surface area contributed by atoms with Crippen molar-refractivity contribution in [1.82, 2.24) is 0 Å². The Kier molecular flexibility index (Phi) is 3.90. The summed E-state index contributed by atoms with van der Waals surface area (Å²) in [5.74, 6) is -1.30. The molecule has 1 rings (SSSR count). The molecule has 0 unspecified atom stereocenters. The highest BCUT2D eigenvalue weighted by atomic mass is 19.3. The van der Waals surface area contributed by atoms with Crippen LogP contribution in [-0.4, -0.2) is 12.5 Å². The lowest BCUT2D eigenvalue weighted by atomic mass is 9.85. The molecule has 1 fully saturated rings. The molecule has 0 atom stereocenters. The minimum absolute atomic E-state index is 0.0464. The summed E-state index contributed by atoms with van der Waals surface area (Å²) in [7, 11) is 0. The van der Waals surface area contributed by atoms with Gasteiger partial charge in [0.15, 0.2) is 0 Å². The summed E-state index contributed by atoms with van der Waals surface area (Å²) in [6.07, 6.45) is 2.23. The molecule has 0 bridgehead atoms. The number of allylic oxidation sites excluding steroid dienone is 1. The molecule has 0 aromatic rings. The molecule has 0 aliphatic heterocycles. The molecule has 0 radical (unpaired) electrons. The van der Waals surface area contributed by atoms with Gasteiger partial charge in [-0.2, -0.15) is 0 Å². The second-order valence-electron chi connectivity index (χ2n) is 4.14. The summed E-state index contributed by atoms with van der Waals surface area (Å²) in [4.78, 5) is 0. The number of hydrogen-bond donors (Lipinski definition) is 0. The van der Waals surface area contributed by atoms with Crippen molar-refractivity contribution in [3.63, 3.8) is 0 Å². The Labute approximate surface area is 84.1 Å². The SMILES string of the molecule is C=C(C)OCCC1CCC(F)(F)CC1. The molecule has 1 saturated carbocycles. The van der Waals surface area contributed by atoms with E-state index >= 15 is 0 Å². The predicted molar refractivity (Wildman–Crippen MR) is 52.3 cm³/mol. The first-order chi connectivity index (χ1) is 6.49. The molecule has 0 spiro atoms. The van der Waals surface area contributed by atoms with Gasteiger partial charge in [0, 0.05) is 12.8 Å². The standard InChI is InChI=1S/C11H18F2O/c1-9(2)14-8-5-10-3-6-11(12,13)7-4-10/h10H,1,3-8H2,2H3. The molecule has 1 aliphatic rings. The topological polar surface area (TPSA) is 9.23 Å². The van der Waals surface area contributed by atoms with Crippen LogP contribution in [0.1, 0.15) is 39.0 Å². The molecule has 82 valence electrons. The summed E-state index contributed by atoms with van der Waals surface area (Å²) < 4.78 is 30.8. The van der Waals surface area contributed by atoms with Gasteiger partial charge in [-0.3, -0.25) is 0 Å². The van der Waals surface area contributed by atoms with Gasteiger partial charge in [-0.05, 0) is 32.1 Å². The van der Waals surface area contributed by atoms with Crippen LogP contribution in [0.2, 0.25) is 0 Å². The summed E-state index contributed by atoms with van der Waals surface area (Å²) in [5, 5.41) is 0. The monoisotopic (exact) mass is 204 g/mol. The maximum Gasteiger partial charge on any atom is 0.248 e. The second kappa shape index (κ2) is 4.76. The lowest BCUT2D eigenvalue weighted by molar-refractivity contribution is -0.0481. The molecule has 1 aliphatic carbocycles. The number of hydrogen-bond acceptors (Lipinski definition) is 1. The van der Waals surface area contributed by atoms with Crippen molar-refractivity contribution in [3.8, 4) is 0 Å². The third kappa shape index (κ3) is 4.07. The van der Waals surface area contributed by atoms with E-state index in [1.54, 1.807) is 6.92 Å². The maximum absolute atomic E-state index is 12.8. The van der Waals surface area contributed by atoms with Crippen LogP contribution in [0.3, 0.4) is 0 Å². The number of ether oxygens (including phenoxy) is 1. The first kappa shape index (κ1) is 11.5. The van der Waals surface area contributed by atoms with E-state index in [1.165, 1.54) is 0 Å². The van der Waals surface area contributed by atoms with Crippen molar-refractivity contribution in [2.75, 3.05) is 6.61 Å². The minimum atomic E-state index is -2.41. The van der Waals surface area contributed by atoms with Crippen LogP contribution in [0.4, 0.5) is 8.78 Å². The Bertz CT molecular complexity index is 191. The molecule has 3 heteroatoms. The summed E-state index contributed by atoms with van der Waals surface area (Å²) >= 11 is 0.